The van der Waals surface area contributed by atoms with Gasteiger partial charge in [-0.2, -0.15) is 0 Å². The molecule has 0 spiro atoms. The largest absolute Gasteiger partial charge is 0.486 e. The molecule has 35 heavy (non-hydrogen) atoms. The molecule has 4 rings (SSSR count). The molecule has 0 aliphatic carbocycles. The molecule has 2 aromatic carbocycles. The minimum Gasteiger partial charge on any atom is -0.486 e. The molecule has 2 heterocycles. The summed E-state index contributed by atoms with van der Waals surface area (Å²) in [6.45, 7) is 4.81. The van der Waals surface area contributed by atoms with Gasteiger partial charge in [0.1, 0.15) is 24.0 Å². The number of rotatable bonds is 9. The Bertz CT molecular complexity index is 1260. The van der Waals surface area contributed by atoms with Gasteiger partial charge in [0, 0.05) is 41.7 Å². The molecule has 1 atom stereocenters. The molecule has 1 amide bonds. The number of ether oxygens (including phenoxy) is 2. The Morgan fingerprint density at radius 1 is 1.34 bits per heavy atom. The van der Waals surface area contributed by atoms with E-state index in [2.05, 4.69) is 38.3 Å². The predicted molar refractivity (Wildman–Crippen MR) is 138 cm³/mol. The zero-order valence-electron chi connectivity index (χ0n) is 20.0. The minimum atomic E-state index is -0.241. The number of terminal acetylenes is 1. The summed E-state index contributed by atoms with van der Waals surface area (Å²) >= 11 is 0. The Morgan fingerprint density at radius 2 is 2.23 bits per heavy atom. The van der Waals surface area contributed by atoms with Crippen molar-refractivity contribution in [1.29, 1.82) is 0 Å². The summed E-state index contributed by atoms with van der Waals surface area (Å²) in [5, 5.41) is 7.00. The number of likely N-dealkylation sites (N-methyl/N-ethyl adjacent to an activating group) is 1. The fraction of sp³-hybridized carbons (Fsp3) is 0.296. The monoisotopic (exact) mass is 471 g/mol. The highest BCUT2D eigenvalue weighted by atomic mass is 16.5. The predicted octanol–water partition coefficient (Wildman–Crippen LogP) is 3.97. The first-order valence-electron chi connectivity index (χ1n) is 11.6. The highest BCUT2D eigenvalue weighted by Gasteiger charge is 2.20. The average molecular weight is 472 g/mol. The van der Waals surface area contributed by atoms with E-state index in [1.54, 1.807) is 0 Å². The molecule has 0 unspecified atom stereocenters. The number of fused-ring (bicyclic) bond motifs is 1. The van der Waals surface area contributed by atoms with Crippen LogP contribution in [0.1, 0.15) is 18.9 Å². The fourth-order valence-corrected chi connectivity index (χ4v) is 3.63. The Kier molecular flexibility index (Phi) is 7.93. The van der Waals surface area contributed by atoms with Gasteiger partial charge in [-0.25, -0.2) is 9.97 Å². The fourth-order valence-electron chi connectivity index (χ4n) is 3.63. The summed E-state index contributed by atoms with van der Waals surface area (Å²) < 4.78 is 11.6. The lowest BCUT2D eigenvalue weighted by molar-refractivity contribution is -0.111. The second kappa shape index (κ2) is 11.5. The normalized spacial score (nSPS) is 15.4. The number of carbonyl (C=O) groups excluding carboxylic acids is 1. The number of hydrogen-bond acceptors (Lipinski definition) is 7. The first kappa shape index (κ1) is 24.2. The van der Waals surface area contributed by atoms with Crippen LogP contribution in [-0.2, 0) is 9.53 Å². The Morgan fingerprint density at radius 3 is 3.00 bits per heavy atom. The van der Waals surface area contributed by atoms with Crippen molar-refractivity contribution in [3.8, 4) is 18.1 Å². The molecule has 8 heteroatoms. The number of nitrogens with one attached hydrogen (secondary N) is 2. The van der Waals surface area contributed by atoms with Gasteiger partial charge < -0.3 is 25.0 Å². The number of anilines is 3. The topological polar surface area (TPSA) is 88.6 Å². The average Bonchev–Trinajstić information content (AvgIpc) is 3.38. The van der Waals surface area contributed by atoms with Gasteiger partial charge in [-0.05, 0) is 37.9 Å². The zero-order valence-corrected chi connectivity index (χ0v) is 20.0. The van der Waals surface area contributed by atoms with Crippen molar-refractivity contribution < 1.29 is 14.3 Å². The van der Waals surface area contributed by atoms with Crippen molar-refractivity contribution in [1.82, 2.24) is 14.9 Å². The third-order valence-corrected chi connectivity index (χ3v) is 5.69. The van der Waals surface area contributed by atoms with E-state index in [4.69, 9.17) is 15.9 Å². The number of amides is 1. The van der Waals surface area contributed by atoms with Crippen molar-refractivity contribution in [2.75, 3.05) is 44.0 Å². The third-order valence-electron chi connectivity index (χ3n) is 5.69. The first-order chi connectivity index (χ1) is 17.1. The smallest absolute Gasteiger partial charge is 0.248 e. The Labute approximate surface area is 205 Å². The van der Waals surface area contributed by atoms with Crippen LogP contribution in [0.2, 0.25) is 0 Å². The summed E-state index contributed by atoms with van der Waals surface area (Å²) in [7, 11) is 2.00. The quantitative estimate of drug-likeness (QED) is 0.361. The molecule has 1 fully saturated rings. The van der Waals surface area contributed by atoms with Crippen LogP contribution >= 0.6 is 0 Å². The van der Waals surface area contributed by atoms with Crippen molar-refractivity contribution >= 4 is 34.0 Å². The zero-order chi connectivity index (χ0) is 24.6. The van der Waals surface area contributed by atoms with E-state index >= 15 is 0 Å². The highest BCUT2D eigenvalue weighted by molar-refractivity contribution is 6.03. The standard InChI is InChI=1S/C27H29N5O3/c1-4-19-8-6-9-20(14-19)30-27-22-15-24(31-26(33)10-7-12-32(3)5-2)25(16-23(22)28-18-29-27)35-21-11-13-34-17-21/h1,6-10,14-16,18,21H,5,11-13,17H2,2-3H3,(H,31,33)(H,28,29,30)/b10-7+/t21-/m0/s1. The molecule has 2 N–H and O–H groups in total. The lowest BCUT2D eigenvalue weighted by atomic mass is 10.1. The molecule has 0 bridgehead atoms. The van der Waals surface area contributed by atoms with Gasteiger partial charge in [-0.3, -0.25) is 4.79 Å². The van der Waals surface area contributed by atoms with Crippen LogP contribution in [0.15, 0.2) is 54.9 Å². The number of nitrogens with zero attached hydrogens (tertiary/aromatic N) is 3. The number of hydrogen-bond donors (Lipinski definition) is 2. The van der Waals surface area contributed by atoms with Gasteiger partial charge in [0.2, 0.25) is 5.91 Å². The van der Waals surface area contributed by atoms with Crippen LogP contribution in [-0.4, -0.2) is 60.2 Å². The highest BCUT2D eigenvalue weighted by Crippen LogP contribution is 2.34. The summed E-state index contributed by atoms with van der Waals surface area (Å²) in [5.74, 6) is 3.53. The minimum absolute atomic E-state index is 0.0808. The van der Waals surface area contributed by atoms with Crippen LogP contribution in [0.3, 0.4) is 0 Å². The maximum absolute atomic E-state index is 12.7. The van der Waals surface area contributed by atoms with E-state index in [9.17, 15) is 4.79 Å². The van der Waals surface area contributed by atoms with E-state index < -0.39 is 0 Å². The van der Waals surface area contributed by atoms with Crippen LogP contribution < -0.4 is 15.4 Å². The van der Waals surface area contributed by atoms with Gasteiger partial charge in [-0.1, -0.05) is 25.0 Å². The summed E-state index contributed by atoms with van der Waals surface area (Å²) in [6, 6.07) is 11.2. The van der Waals surface area contributed by atoms with E-state index in [0.29, 0.717) is 42.5 Å². The van der Waals surface area contributed by atoms with Crippen LogP contribution in [0, 0.1) is 12.3 Å². The van der Waals surface area contributed by atoms with Gasteiger partial charge in [0.15, 0.2) is 0 Å². The number of aromatic nitrogens is 2. The summed E-state index contributed by atoms with van der Waals surface area (Å²) in [4.78, 5) is 23.6. The van der Waals surface area contributed by atoms with Crippen molar-refractivity contribution in [3.63, 3.8) is 0 Å². The van der Waals surface area contributed by atoms with E-state index in [1.807, 2.05) is 49.5 Å². The molecule has 1 aliphatic rings. The Hall–Kier alpha value is -3.93. The van der Waals surface area contributed by atoms with E-state index in [0.717, 1.165) is 29.6 Å². The van der Waals surface area contributed by atoms with Gasteiger partial charge in [0.25, 0.3) is 0 Å². The maximum atomic E-state index is 12.7. The van der Waals surface area contributed by atoms with Gasteiger partial charge in [0.05, 0.1) is 24.4 Å². The second-order valence-electron chi connectivity index (χ2n) is 8.29. The van der Waals surface area contributed by atoms with Crippen LogP contribution in [0.5, 0.6) is 5.75 Å². The van der Waals surface area contributed by atoms with Gasteiger partial charge >= 0.3 is 0 Å². The van der Waals surface area contributed by atoms with Gasteiger partial charge in [-0.15, -0.1) is 6.42 Å². The second-order valence-corrected chi connectivity index (χ2v) is 8.29. The molecule has 1 aromatic heterocycles. The molecule has 3 aromatic rings. The maximum Gasteiger partial charge on any atom is 0.248 e. The SMILES string of the molecule is C#Cc1cccc(Nc2ncnc3cc(O[C@H]4CCOC4)c(NC(=O)/C=C/CN(C)CC)cc23)c1. The van der Waals surface area contributed by atoms with E-state index in [1.165, 1.54) is 12.4 Å². The van der Waals surface area contributed by atoms with Crippen LogP contribution in [0.25, 0.3) is 10.9 Å². The molecule has 0 saturated carbocycles. The lowest BCUT2D eigenvalue weighted by Crippen LogP contribution is -2.19. The summed E-state index contributed by atoms with van der Waals surface area (Å²) in [6.07, 6.45) is 11.1. The van der Waals surface area contributed by atoms with E-state index in [-0.39, 0.29) is 12.0 Å². The number of benzene rings is 2. The lowest BCUT2D eigenvalue weighted by Gasteiger charge is -2.18. The third kappa shape index (κ3) is 6.35. The van der Waals surface area contributed by atoms with Crippen LogP contribution in [0.4, 0.5) is 17.2 Å². The Balaban J connectivity index is 1.66. The molecule has 180 valence electrons. The summed E-state index contributed by atoms with van der Waals surface area (Å²) in [5.41, 5.74) is 2.79. The molecule has 1 saturated heterocycles. The van der Waals surface area contributed by atoms with Crippen molar-refractivity contribution in [3.05, 3.63) is 60.4 Å². The molecule has 8 nitrogen and oxygen atoms in total. The first-order valence-corrected chi connectivity index (χ1v) is 11.6. The molecule has 1 aliphatic heterocycles. The van der Waals surface area contributed by atoms with Crippen molar-refractivity contribution in [2.45, 2.75) is 19.4 Å². The molecular formula is C27H29N5O3. The number of carbonyl (C=O) groups is 1. The van der Waals surface area contributed by atoms with Crippen molar-refractivity contribution in [2.24, 2.45) is 0 Å². The molecular weight excluding hydrogens is 442 g/mol. The molecule has 0 radical (unpaired) electrons.